The number of carbonyl (C=O) groups excluding carboxylic acids is 3. The van der Waals surface area contributed by atoms with Crippen LogP contribution in [0.2, 0.25) is 0 Å². The highest BCUT2D eigenvalue weighted by molar-refractivity contribution is 6.09. The lowest BCUT2D eigenvalue weighted by atomic mass is 9.82. The Morgan fingerprint density at radius 3 is 2.69 bits per heavy atom. The highest BCUT2D eigenvalue weighted by Gasteiger charge is 2.51. The van der Waals surface area contributed by atoms with E-state index >= 15 is 0 Å². The number of para-hydroxylation sites is 1. The number of carbonyl (C=O) groups is 3. The number of rotatable bonds is 6. The molecule has 1 saturated heterocycles. The molecule has 1 saturated carbocycles. The second kappa shape index (κ2) is 7.76. The van der Waals surface area contributed by atoms with Crippen LogP contribution in [0.25, 0.3) is 0 Å². The molecule has 7 heteroatoms. The van der Waals surface area contributed by atoms with Gasteiger partial charge in [0.1, 0.15) is 17.8 Å². The molecule has 2 N–H and O–H groups in total. The van der Waals surface area contributed by atoms with Crippen LogP contribution >= 0.6 is 0 Å². The summed E-state index contributed by atoms with van der Waals surface area (Å²) in [6.45, 7) is 0.173. The minimum absolute atomic E-state index is 0.238. The predicted octanol–water partition coefficient (Wildman–Crippen LogP) is 1.61. The average Bonchev–Trinajstić information content (AvgIpc) is 2.87. The minimum atomic E-state index is -0.785. The Hall–Kier alpha value is -2.57. The zero-order chi connectivity index (χ0) is 18.6. The van der Waals surface area contributed by atoms with Crippen molar-refractivity contribution in [3.63, 3.8) is 0 Å². The Morgan fingerprint density at radius 2 is 1.96 bits per heavy atom. The van der Waals surface area contributed by atoms with Crippen LogP contribution in [0.5, 0.6) is 5.75 Å². The average molecular weight is 359 g/mol. The number of hydrogen-bond donors (Lipinski definition) is 2. The number of imide groups is 1. The monoisotopic (exact) mass is 359 g/mol. The molecule has 2 fully saturated rings. The van der Waals surface area contributed by atoms with Crippen molar-refractivity contribution in [3.05, 3.63) is 29.8 Å². The molecule has 2 aliphatic rings. The summed E-state index contributed by atoms with van der Waals surface area (Å²) >= 11 is 0. The number of nitrogens with zero attached hydrogens (tertiary/aromatic N) is 1. The lowest BCUT2D eigenvalue weighted by Crippen LogP contribution is -2.49. The third-order valence-electron chi connectivity index (χ3n) is 5.16. The van der Waals surface area contributed by atoms with Gasteiger partial charge in [-0.05, 0) is 30.9 Å². The van der Waals surface area contributed by atoms with E-state index in [0.29, 0.717) is 25.8 Å². The van der Waals surface area contributed by atoms with E-state index < -0.39 is 11.6 Å². The van der Waals surface area contributed by atoms with Crippen molar-refractivity contribution < 1.29 is 19.1 Å². The molecule has 0 bridgehead atoms. The van der Waals surface area contributed by atoms with Crippen LogP contribution in [0.1, 0.15) is 37.7 Å². The summed E-state index contributed by atoms with van der Waals surface area (Å²) in [7, 11) is 1.61. The number of benzene rings is 1. The van der Waals surface area contributed by atoms with Crippen LogP contribution in [-0.4, -0.2) is 48.5 Å². The van der Waals surface area contributed by atoms with Gasteiger partial charge >= 0.3 is 6.03 Å². The van der Waals surface area contributed by atoms with Crippen LogP contribution in [0.15, 0.2) is 24.3 Å². The molecule has 0 unspecified atom stereocenters. The van der Waals surface area contributed by atoms with Crippen molar-refractivity contribution in [1.82, 2.24) is 15.5 Å². The number of ether oxygens (including phenoxy) is 1. The molecule has 0 radical (unpaired) electrons. The molecule has 1 aromatic carbocycles. The van der Waals surface area contributed by atoms with Gasteiger partial charge in [0.2, 0.25) is 5.91 Å². The summed E-state index contributed by atoms with van der Waals surface area (Å²) in [4.78, 5) is 38.1. The van der Waals surface area contributed by atoms with Crippen LogP contribution < -0.4 is 15.4 Å². The SMILES string of the molecule is COc1ccccc1CCNC(=O)CN1C(=O)NC2(CCCCC2)C1=O. The van der Waals surface area contributed by atoms with Gasteiger partial charge in [-0.15, -0.1) is 0 Å². The Bertz CT molecular complexity index is 698. The van der Waals surface area contributed by atoms with Crippen LogP contribution in [-0.2, 0) is 16.0 Å². The first kappa shape index (κ1) is 18.2. The first-order valence-electron chi connectivity index (χ1n) is 9.08. The molecule has 1 spiro atoms. The third-order valence-corrected chi connectivity index (χ3v) is 5.16. The van der Waals surface area contributed by atoms with Gasteiger partial charge in [-0.25, -0.2) is 4.79 Å². The molecule has 4 amide bonds. The van der Waals surface area contributed by atoms with E-state index in [-0.39, 0.29) is 18.4 Å². The maximum Gasteiger partial charge on any atom is 0.325 e. The summed E-state index contributed by atoms with van der Waals surface area (Å²) in [5.41, 5.74) is 0.207. The number of methoxy groups -OCH3 is 1. The molecule has 140 valence electrons. The standard InChI is InChI=1S/C19H25N3O4/c1-26-15-8-4-3-7-14(15)9-12-20-16(23)13-22-17(24)19(21-18(22)25)10-5-2-6-11-19/h3-4,7-8H,2,5-6,9-13H2,1H3,(H,20,23)(H,21,25). The highest BCUT2D eigenvalue weighted by atomic mass is 16.5. The van der Waals surface area contributed by atoms with Gasteiger partial charge in [-0.3, -0.25) is 14.5 Å². The maximum absolute atomic E-state index is 12.7. The summed E-state index contributed by atoms with van der Waals surface area (Å²) in [5.74, 6) is 0.174. The van der Waals surface area contributed by atoms with E-state index in [1.54, 1.807) is 7.11 Å². The molecule has 7 nitrogen and oxygen atoms in total. The molecular formula is C19H25N3O4. The normalized spacial score (nSPS) is 18.7. The fourth-order valence-electron chi connectivity index (χ4n) is 3.76. The summed E-state index contributed by atoms with van der Waals surface area (Å²) in [6.07, 6.45) is 4.84. The maximum atomic E-state index is 12.7. The number of urea groups is 1. The lowest BCUT2D eigenvalue weighted by molar-refractivity contribution is -0.135. The molecule has 1 aromatic rings. The van der Waals surface area contributed by atoms with Crippen LogP contribution in [0.4, 0.5) is 4.79 Å². The van der Waals surface area contributed by atoms with Crippen molar-refractivity contribution in [2.75, 3.05) is 20.2 Å². The predicted molar refractivity (Wildman–Crippen MR) is 95.8 cm³/mol. The molecule has 26 heavy (non-hydrogen) atoms. The molecular weight excluding hydrogens is 334 g/mol. The molecule has 1 aliphatic heterocycles. The van der Waals surface area contributed by atoms with Crippen molar-refractivity contribution >= 4 is 17.8 Å². The van der Waals surface area contributed by atoms with Gasteiger partial charge in [0.25, 0.3) is 5.91 Å². The van der Waals surface area contributed by atoms with E-state index in [9.17, 15) is 14.4 Å². The van der Waals surface area contributed by atoms with E-state index in [1.165, 1.54) is 0 Å². The Kier molecular flexibility index (Phi) is 5.44. The van der Waals surface area contributed by atoms with Gasteiger partial charge in [-0.2, -0.15) is 0 Å². The smallest absolute Gasteiger partial charge is 0.325 e. The molecule has 0 atom stereocenters. The van der Waals surface area contributed by atoms with Gasteiger partial charge in [0.05, 0.1) is 7.11 Å². The van der Waals surface area contributed by atoms with Crippen molar-refractivity contribution in [1.29, 1.82) is 0 Å². The number of hydrogen-bond acceptors (Lipinski definition) is 4. The number of amides is 4. The molecule has 3 rings (SSSR count). The fraction of sp³-hybridized carbons (Fsp3) is 0.526. The van der Waals surface area contributed by atoms with E-state index in [2.05, 4.69) is 10.6 Å². The second-order valence-electron chi connectivity index (χ2n) is 6.88. The molecule has 1 aliphatic carbocycles. The van der Waals surface area contributed by atoms with Crippen LogP contribution in [0, 0.1) is 0 Å². The first-order valence-corrected chi connectivity index (χ1v) is 9.08. The second-order valence-corrected chi connectivity index (χ2v) is 6.88. The van der Waals surface area contributed by atoms with Gasteiger partial charge in [0, 0.05) is 6.54 Å². The summed E-state index contributed by atoms with van der Waals surface area (Å²) in [6, 6.07) is 7.15. The minimum Gasteiger partial charge on any atom is -0.496 e. The number of nitrogens with one attached hydrogen (secondary N) is 2. The third kappa shape index (κ3) is 3.66. The highest BCUT2D eigenvalue weighted by Crippen LogP contribution is 2.33. The van der Waals surface area contributed by atoms with Gasteiger partial charge in [0.15, 0.2) is 0 Å². The molecule has 1 heterocycles. The Balaban J connectivity index is 1.52. The van der Waals surface area contributed by atoms with E-state index in [0.717, 1.165) is 35.5 Å². The quantitative estimate of drug-likeness (QED) is 0.756. The first-order chi connectivity index (χ1) is 12.6. The zero-order valence-corrected chi connectivity index (χ0v) is 15.0. The molecule has 0 aromatic heterocycles. The summed E-state index contributed by atoms with van der Waals surface area (Å²) < 4.78 is 5.28. The lowest BCUT2D eigenvalue weighted by Gasteiger charge is -2.30. The topological polar surface area (TPSA) is 87.7 Å². The van der Waals surface area contributed by atoms with Gasteiger partial charge < -0.3 is 15.4 Å². The van der Waals surface area contributed by atoms with Crippen LogP contribution in [0.3, 0.4) is 0 Å². The Morgan fingerprint density at radius 1 is 1.23 bits per heavy atom. The van der Waals surface area contributed by atoms with Gasteiger partial charge in [-0.1, -0.05) is 37.5 Å². The summed E-state index contributed by atoms with van der Waals surface area (Å²) in [5, 5.41) is 5.59. The zero-order valence-electron chi connectivity index (χ0n) is 15.0. The Labute approximate surface area is 153 Å². The van der Waals surface area contributed by atoms with E-state index in [4.69, 9.17) is 4.74 Å². The van der Waals surface area contributed by atoms with Crippen molar-refractivity contribution in [3.8, 4) is 5.75 Å². The largest absolute Gasteiger partial charge is 0.496 e. The van der Waals surface area contributed by atoms with E-state index in [1.807, 2.05) is 24.3 Å². The fourth-order valence-corrected chi connectivity index (χ4v) is 3.76. The van der Waals surface area contributed by atoms with Crippen molar-refractivity contribution in [2.45, 2.75) is 44.1 Å². The van der Waals surface area contributed by atoms with Crippen molar-refractivity contribution in [2.24, 2.45) is 0 Å².